The molecule has 0 N–H and O–H groups in total. The van der Waals surface area contributed by atoms with Gasteiger partial charge in [0.1, 0.15) is 0 Å². The molecule has 0 atom stereocenters. The van der Waals surface area contributed by atoms with Crippen LogP contribution in [0.15, 0.2) is 69.6 Å². The van der Waals surface area contributed by atoms with Crippen LogP contribution in [0.1, 0.15) is 0 Å². The second-order valence-electron chi connectivity index (χ2n) is 2.10. The minimum absolute atomic E-state index is 1.34. The Morgan fingerprint density at radius 1 is 0.615 bits per heavy atom. The van der Waals surface area contributed by atoms with Gasteiger partial charge in [0, 0.05) is 0 Å². The summed E-state index contributed by atoms with van der Waals surface area (Å²) < 4.78 is 6.66. The predicted molar refractivity (Wildman–Crippen MR) is 58.0 cm³/mol. The summed E-state index contributed by atoms with van der Waals surface area (Å²) in [5.74, 6) is 0. The summed E-state index contributed by atoms with van der Waals surface area (Å²) in [6.45, 7) is 10.9. The molecule has 0 unspecified atom stereocenters. The van der Waals surface area contributed by atoms with Crippen LogP contribution < -0.4 is 0 Å². The predicted octanol–water partition coefficient (Wildman–Crippen LogP) is 3.70. The van der Waals surface area contributed by atoms with Gasteiger partial charge in [-0.25, -0.2) is 0 Å². The van der Waals surface area contributed by atoms with Crippen molar-refractivity contribution >= 4 is 0 Å². The molecule has 0 fully saturated rings. The van der Waals surface area contributed by atoms with Crippen molar-refractivity contribution in [3.05, 3.63) is 69.6 Å². The van der Waals surface area contributed by atoms with Crippen molar-refractivity contribution in [2.24, 2.45) is 0 Å². The summed E-state index contributed by atoms with van der Waals surface area (Å²) in [6.07, 6.45) is 11.4. The quantitative estimate of drug-likeness (QED) is 0.501. The molecule has 0 saturated heterocycles. The van der Waals surface area contributed by atoms with Gasteiger partial charge >= 0.3 is 86.9 Å². The Labute approximate surface area is 86.9 Å². The molecule has 0 aliphatic carbocycles. The van der Waals surface area contributed by atoms with Crippen LogP contribution in [-0.2, 0) is 17.3 Å². The van der Waals surface area contributed by atoms with Crippen LogP contribution >= 0.6 is 0 Å². The average molecular weight is 255 g/mol. The van der Waals surface area contributed by atoms with E-state index >= 15 is 0 Å². The molecule has 13 heavy (non-hydrogen) atoms. The Morgan fingerprint density at radius 2 is 0.923 bits per heavy atom. The summed E-state index contributed by atoms with van der Waals surface area (Å²) in [5.41, 5.74) is 0. The van der Waals surface area contributed by atoms with Crippen LogP contribution in [-0.4, -0.2) is 0 Å². The molecular formula is C12H15Mo. The fourth-order valence-electron chi connectivity index (χ4n) is 0.575. The van der Waals surface area contributed by atoms with Gasteiger partial charge in [0.25, 0.3) is 0 Å². The number of allylic oxidation sites excluding steroid dienone is 6. The fraction of sp³-hybridized carbons (Fsp3) is 0. The van der Waals surface area contributed by atoms with Crippen molar-refractivity contribution in [2.75, 3.05) is 0 Å². The van der Waals surface area contributed by atoms with E-state index in [2.05, 4.69) is 33.1 Å². The first-order chi connectivity index (χ1) is 6.35. The molecule has 0 amide bonds. The van der Waals surface area contributed by atoms with Crippen LogP contribution in [0.25, 0.3) is 0 Å². The topological polar surface area (TPSA) is 0 Å². The molecule has 0 spiro atoms. The molecule has 0 nitrogen and oxygen atoms in total. The molecule has 1 heteroatoms. The van der Waals surface area contributed by atoms with Crippen LogP contribution in [0.3, 0.4) is 0 Å². The van der Waals surface area contributed by atoms with E-state index in [9.17, 15) is 0 Å². The van der Waals surface area contributed by atoms with Gasteiger partial charge in [-0.05, 0) is 0 Å². The molecule has 0 saturated carbocycles. The van der Waals surface area contributed by atoms with E-state index in [0.29, 0.717) is 0 Å². The van der Waals surface area contributed by atoms with E-state index in [1.54, 1.807) is 18.2 Å². The average Bonchev–Trinajstić information content (AvgIpc) is 2.17. The van der Waals surface area contributed by atoms with Gasteiger partial charge in [0.15, 0.2) is 0 Å². The first-order valence-corrected chi connectivity index (χ1v) is 7.41. The Balaban J connectivity index is 4.33. The van der Waals surface area contributed by atoms with Crippen LogP contribution in [0.2, 0.25) is 0 Å². The maximum absolute atomic E-state index is 3.65. The van der Waals surface area contributed by atoms with E-state index in [1.165, 1.54) is 0 Å². The Morgan fingerprint density at radius 3 is 1.15 bits per heavy atom. The number of hydrogen-bond donors (Lipinski definition) is 0. The molecule has 0 aliphatic rings. The Kier molecular flexibility index (Phi) is 8.60. The molecule has 69 valence electrons. The Hall–Kier alpha value is -0.872. The van der Waals surface area contributed by atoms with Crippen molar-refractivity contribution in [1.29, 1.82) is 0 Å². The van der Waals surface area contributed by atoms with E-state index in [-0.39, 0.29) is 0 Å². The van der Waals surface area contributed by atoms with Crippen molar-refractivity contribution in [3.63, 3.8) is 0 Å². The maximum atomic E-state index is 3.65. The summed E-state index contributed by atoms with van der Waals surface area (Å²) in [4.78, 5) is 0. The molecular weight excluding hydrogens is 240 g/mol. The SMILES string of the molecule is C=CC=[CH][Mo]([CH]=CC=C)[CH]=CC=C. The molecule has 0 aliphatic heterocycles. The van der Waals surface area contributed by atoms with E-state index in [1.807, 2.05) is 18.2 Å². The molecule has 0 radical (unpaired) electrons. The second-order valence-corrected chi connectivity index (χ2v) is 6.11. The third kappa shape index (κ3) is 7.49. The molecule has 0 heterocycles. The molecule has 0 aromatic rings. The normalized spacial score (nSPS) is 11.8. The van der Waals surface area contributed by atoms with Crippen molar-refractivity contribution < 1.29 is 17.3 Å². The van der Waals surface area contributed by atoms with Crippen molar-refractivity contribution in [2.45, 2.75) is 0 Å². The molecule has 0 aromatic carbocycles. The summed E-state index contributed by atoms with van der Waals surface area (Å²) in [5, 5.41) is 0. The Bertz CT molecular complexity index is 201. The van der Waals surface area contributed by atoms with Gasteiger partial charge in [-0.2, -0.15) is 0 Å². The fourth-order valence-corrected chi connectivity index (χ4v) is 3.40. The molecule has 0 rings (SSSR count). The second kappa shape index (κ2) is 9.22. The van der Waals surface area contributed by atoms with E-state index in [4.69, 9.17) is 0 Å². The van der Waals surface area contributed by atoms with E-state index in [0.717, 1.165) is 0 Å². The first-order valence-electron chi connectivity index (χ1n) is 3.93. The summed E-state index contributed by atoms with van der Waals surface area (Å²) >= 11 is -1.34. The van der Waals surface area contributed by atoms with Gasteiger partial charge in [-0.1, -0.05) is 0 Å². The van der Waals surface area contributed by atoms with Crippen molar-refractivity contribution in [3.8, 4) is 0 Å². The first kappa shape index (κ1) is 12.1. The van der Waals surface area contributed by atoms with Crippen molar-refractivity contribution in [1.82, 2.24) is 0 Å². The molecule has 0 bridgehead atoms. The van der Waals surface area contributed by atoms with E-state index < -0.39 is 17.3 Å². The monoisotopic (exact) mass is 257 g/mol. The van der Waals surface area contributed by atoms with Crippen LogP contribution in [0.4, 0.5) is 0 Å². The zero-order valence-corrected chi connectivity index (χ0v) is 9.73. The molecule has 0 aromatic heterocycles. The number of hydrogen-bond acceptors (Lipinski definition) is 0. The van der Waals surface area contributed by atoms with Gasteiger partial charge in [-0.3, -0.25) is 0 Å². The van der Waals surface area contributed by atoms with Gasteiger partial charge in [0.05, 0.1) is 0 Å². The van der Waals surface area contributed by atoms with Gasteiger partial charge in [0.2, 0.25) is 0 Å². The zero-order chi connectivity index (χ0) is 9.94. The number of rotatable bonds is 6. The minimum atomic E-state index is -1.34. The summed E-state index contributed by atoms with van der Waals surface area (Å²) in [6, 6.07) is 0. The van der Waals surface area contributed by atoms with Crippen LogP contribution in [0, 0.1) is 0 Å². The third-order valence-electron chi connectivity index (χ3n) is 1.12. The standard InChI is InChI=1S/3C4H5.Mo/c3*1-3-4-2;/h3*1,3-4H,2H2;. The summed E-state index contributed by atoms with van der Waals surface area (Å²) in [7, 11) is 0. The van der Waals surface area contributed by atoms with Crippen LogP contribution in [0.5, 0.6) is 0 Å². The van der Waals surface area contributed by atoms with Gasteiger partial charge in [-0.15, -0.1) is 0 Å². The zero-order valence-electron chi connectivity index (χ0n) is 7.73. The van der Waals surface area contributed by atoms with Gasteiger partial charge < -0.3 is 0 Å². The third-order valence-corrected chi connectivity index (χ3v) is 4.59.